The third-order valence-corrected chi connectivity index (χ3v) is 4.52. The lowest BCUT2D eigenvalue weighted by Crippen LogP contribution is -2.40. The van der Waals surface area contributed by atoms with Crippen LogP contribution >= 0.6 is 0 Å². The molecule has 0 radical (unpaired) electrons. The maximum absolute atomic E-state index is 12.2. The molecule has 0 aliphatic carbocycles. The fourth-order valence-corrected chi connectivity index (χ4v) is 3.55. The Hall–Kier alpha value is -1.07. The summed E-state index contributed by atoms with van der Waals surface area (Å²) in [5.41, 5.74) is 1.67. The second-order valence-electron chi connectivity index (χ2n) is 5.70. The van der Waals surface area contributed by atoms with Gasteiger partial charge in [-0.25, -0.2) is 13.1 Å². The average molecular weight is 268 g/mol. The van der Waals surface area contributed by atoms with Gasteiger partial charge < -0.3 is 5.32 Å². The first kappa shape index (κ1) is 13.4. The zero-order chi connectivity index (χ0) is 13.4. The van der Waals surface area contributed by atoms with Crippen molar-refractivity contribution in [2.24, 2.45) is 0 Å². The molecule has 1 aromatic carbocycles. The number of rotatable bonds is 2. The molecule has 0 saturated heterocycles. The number of hydrogen-bond donors (Lipinski definition) is 2. The minimum Gasteiger partial charge on any atom is -0.385 e. The van der Waals surface area contributed by atoms with Crippen molar-refractivity contribution in [1.29, 1.82) is 0 Å². The largest absolute Gasteiger partial charge is 0.385 e. The molecule has 0 aromatic heterocycles. The molecule has 0 atom stereocenters. The first-order chi connectivity index (χ1) is 8.28. The van der Waals surface area contributed by atoms with Gasteiger partial charge in [0, 0.05) is 17.8 Å². The van der Waals surface area contributed by atoms with Gasteiger partial charge in [-0.2, -0.15) is 0 Å². The summed E-state index contributed by atoms with van der Waals surface area (Å²) in [6.45, 7) is 6.47. The summed E-state index contributed by atoms with van der Waals surface area (Å²) >= 11 is 0. The number of benzene rings is 1. The first-order valence-corrected chi connectivity index (χ1v) is 7.67. The van der Waals surface area contributed by atoms with Gasteiger partial charge in [-0.3, -0.25) is 0 Å². The van der Waals surface area contributed by atoms with Crippen LogP contribution in [0.2, 0.25) is 0 Å². The summed E-state index contributed by atoms with van der Waals surface area (Å²) in [5, 5.41) is 3.27. The molecule has 5 heteroatoms. The van der Waals surface area contributed by atoms with E-state index >= 15 is 0 Å². The van der Waals surface area contributed by atoms with Crippen molar-refractivity contribution in [3.05, 3.63) is 23.8 Å². The number of sulfonamides is 1. The number of aryl methyl sites for hydroxylation is 1. The second kappa shape index (κ2) is 4.55. The van der Waals surface area contributed by atoms with E-state index in [1.165, 1.54) is 0 Å². The van der Waals surface area contributed by atoms with Gasteiger partial charge in [-0.15, -0.1) is 0 Å². The van der Waals surface area contributed by atoms with Crippen LogP contribution < -0.4 is 10.0 Å². The molecule has 1 aromatic rings. The van der Waals surface area contributed by atoms with Crippen molar-refractivity contribution in [2.45, 2.75) is 44.0 Å². The Bertz CT molecular complexity index is 545. The fraction of sp³-hybridized carbons (Fsp3) is 0.538. The highest BCUT2D eigenvalue weighted by Gasteiger charge is 2.23. The zero-order valence-electron chi connectivity index (χ0n) is 11.1. The van der Waals surface area contributed by atoms with Crippen molar-refractivity contribution in [1.82, 2.24) is 4.72 Å². The average Bonchev–Trinajstić information content (AvgIpc) is 2.25. The SMILES string of the molecule is CC(C)(C)NS(=O)(=O)c1ccc2c(c1)CCCN2. The Morgan fingerprint density at radius 1 is 1.28 bits per heavy atom. The monoisotopic (exact) mass is 268 g/mol. The molecular formula is C13H20N2O2S. The molecule has 0 spiro atoms. The van der Waals surface area contributed by atoms with E-state index in [1.54, 1.807) is 12.1 Å². The van der Waals surface area contributed by atoms with Gasteiger partial charge in [0.05, 0.1) is 4.90 Å². The molecule has 100 valence electrons. The minimum absolute atomic E-state index is 0.347. The van der Waals surface area contributed by atoms with E-state index in [1.807, 2.05) is 26.8 Å². The van der Waals surface area contributed by atoms with Crippen LogP contribution in [0.4, 0.5) is 5.69 Å². The van der Waals surface area contributed by atoms with Crippen LogP contribution in [0, 0.1) is 0 Å². The van der Waals surface area contributed by atoms with Crippen LogP contribution in [-0.4, -0.2) is 20.5 Å². The van der Waals surface area contributed by atoms with Crippen molar-refractivity contribution < 1.29 is 8.42 Å². The minimum atomic E-state index is -3.43. The van der Waals surface area contributed by atoms with Crippen LogP contribution in [0.15, 0.2) is 23.1 Å². The summed E-state index contributed by atoms with van der Waals surface area (Å²) < 4.78 is 27.1. The van der Waals surface area contributed by atoms with Crippen molar-refractivity contribution >= 4 is 15.7 Å². The Labute approximate surface area is 109 Å². The Kier molecular flexibility index (Phi) is 3.38. The zero-order valence-corrected chi connectivity index (χ0v) is 11.9. The quantitative estimate of drug-likeness (QED) is 0.864. The molecule has 0 unspecified atom stereocenters. The molecular weight excluding hydrogens is 248 g/mol. The third kappa shape index (κ3) is 3.03. The third-order valence-electron chi connectivity index (χ3n) is 2.77. The summed E-state index contributed by atoms with van der Waals surface area (Å²) in [7, 11) is -3.43. The lowest BCUT2D eigenvalue weighted by atomic mass is 10.0. The van der Waals surface area contributed by atoms with E-state index in [0.717, 1.165) is 30.6 Å². The molecule has 0 amide bonds. The lowest BCUT2D eigenvalue weighted by molar-refractivity contribution is 0.491. The van der Waals surface area contributed by atoms with Gasteiger partial charge >= 0.3 is 0 Å². The number of anilines is 1. The topological polar surface area (TPSA) is 58.2 Å². The molecule has 2 N–H and O–H groups in total. The van der Waals surface area contributed by atoms with Crippen LogP contribution in [0.3, 0.4) is 0 Å². The Balaban J connectivity index is 2.34. The van der Waals surface area contributed by atoms with Gasteiger partial charge in [-0.1, -0.05) is 0 Å². The van der Waals surface area contributed by atoms with Crippen LogP contribution in [0.5, 0.6) is 0 Å². The Morgan fingerprint density at radius 3 is 2.67 bits per heavy atom. The summed E-state index contributed by atoms with van der Waals surface area (Å²) in [5.74, 6) is 0. The first-order valence-electron chi connectivity index (χ1n) is 6.19. The standard InChI is InChI=1S/C13H20N2O2S/c1-13(2,3)15-18(16,17)11-6-7-12-10(9-11)5-4-8-14-12/h6-7,9,14-15H,4-5,8H2,1-3H3. The molecule has 0 saturated carbocycles. The normalized spacial score (nSPS) is 15.9. The van der Waals surface area contributed by atoms with Gasteiger partial charge in [0.1, 0.15) is 0 Å². The summed E-state index contributed by atoms with van der Waals surface area (Å²) in [6, 6.07) is 5.28. The fourth-order valence-electron chi connectivity index (χ4n) is 2.08. The summed E-state index contributed by atoms with van der Waals surface area (Å²) in [4.78, 5) is 0.347. The van der Waals surface area contributed by atoms with Crippen molar-refractivity contribution in [3.8, 4) is 0 Å². The molecule has 1 aliphatic heterocycles. The van der Waals surface area contributed by atoms with E-state index in [-0.39, 0.29) is 0 Å². The van der Waals surface area contributed by atoms with Crippen molar-refractivity contribution in [2.75, 3.05) is 11.9 Å². The number of hydrogen-bond acceptors (Lipinski definition) is 3. The number of fused-ring (bicyclic) bond motifs is 1. The van der Waals surface area contributed by atoms with Gasteiger partial charge in [0.15, 0.2) is 0 Å². The smallest absolute Gasteiger partial charge is 0.241 e. The van der Waals surface area contributed by atoms with Gasteiger partial charge in [0.2, 0.25) is 10.0 Å². The number of nitrogens with one attached hydrogen (secondary N) is 2. The Morgan fingerprint density at radius 2 is 2.00 bits per heavy atom. The molecule has 4 nitrogen and oxygen atoms in total. The molecule has 18 heavy (non-hydrogen) atoms. The highest BCUT2D eigenvalue weighted by atomic mass is 32.2. The van der Waals surface area contributed by atoms with Crippen LogP contribution in [0.1, 0.15) is 32.8 Å². The van der Waals surface area contributed by atoms with E-state index in [4.69, 9.17) is 0 Å². The van der Waals surface area contributed by atoms with E-state index in [0.29, 0.717) is 4.90 Å². The molecule has 0 bridgehead atoms. The van der Waals surface area contributed by atoms with Crippen LogP contribution in [0.25, 0.3) is 0 Å². The molecule has 0 fully saturated rings. The highest BCUT2D eigenvalue weighted by Crippen LogP contribution is 2.25. The maximum atomic E-state index is 12.2. The van der Waals surface area contributed by atoms with Crippen LogP contribution in [-0.2, 0) is 16.4 Å². The van der Waals surface area contributed by atoms with E-state index < -0.39 is 15.6 Å². The lowest BCUT2D eigenvalue weighted by Gasteiger charge is -2.22. The van der Waals surface area contributed by atoms with E-state index in [2.05, 4.69) is 10.0 Å². The predicted molar refractivity (Wildman–Crippen MR) is 73.3 cm³/mol. The van der Waals surface area contributed by atoms with Gasteiger partial charge in [0.25, 0.3) is 0 Å². The maximum Gasteiger partial charge on any atom is 0.241 e. The molecule has 1 heterocycles. The molecule has 2 rings (SSSR count). The molecule has 1 aliphatic rings. The van der Waals surface area contributed by atoms with E-state index in [9.17, 15) is 8.42 Å². The predicted octanol–water partition coefficient (Wildman–Crippen LogP) is 2.12. The second-order valence-corrected chi connectivity index (χ2v) is 7.39. The van der Waals surface area contributed by atoms with Crippen molar-refractivity contribution in [3.63, 3.8) is 0 Å². The highest BCUT2D eigenvalue weighted by molar-refractivity contribution is 7.89. The van der Waals surface area contributed by atoms with Gasteiger partial charge in [-0.05, 0) is 57.4 Å². The summed E-state index contributed by atoms with van der Waals surface area (Å²) in [6.07, 6.45) is 1.98.